The highest BCUT2D eigenvalue weighted by Gasteiger charge is 2.48. The Kier molecular flexibility index (Phi) is 15.2. The zero-order chi connectivity index (χ0) is 43.2. The van der Waals surface area contributed by atoms with Crippen LogP contribution in [-0.2, 0) is 50.1 Å². The first kappa shape index (κ1) is 43.7. The highest BCUT2D eigenvalue weighted by Crippen LogP contribution is 2.33. The predicted molar refractivity (Wildman–Crippen MR) is 245 cm³/mol. The number of nitrogens with zero attached hydrogens (tertiary/aromatic N) is 2. The van der Waals surface area contributed by atoms with Gasteiger partial charge in [0.05, 0.1) is 49.8 Å². The Morgan fingerprint density at radius 1 is 0.603 bits per heavy atom. The topological polar surface area (TPSA) is 130 Å². The molecule has 1 aliphatic heterocycles. The highest BCUT2D eigenvalue weighted by molar-refractivity contribution is 7.21. The Morgan fingerprint density at radius 2 is 1.10 bits per heavy atom. The molecule has 2 aromatic heterocycles. The zero-order valence-corrected chi connectivity index (χ0v) is 36.3. The smallest absolute Gasteiger partial charge is 0.257 e. The summed E-state index contributed by atoms with van der Waals surface area (Å²) in [6, 6.07) is 49.0. The maximum atomic E-state index is 13.8. The summed E-state index contributed by atoms with van der Waals surface area (Å²) in [5.74, 6) is -0.521. The number of ether oxygens (including phenoxy) is 5. The molecule has 1 amide bonds. The van der Waals surface area contributed by atoms with E-state index < -0.39 is 30.5 Å². The van der Waals surface area contributed by atoms with Crippen LogP contribution in [0.3, 0.4) is 0 Å². The molecular formula is C50H48N4O7S2. The van der Waals surface area contributed by atoms with Crippen LogP contribution in [0.25, 0.3) is 0 Å². The van der Waals surface area contributed by atoms with Crippen molar-refractivity contribution < 1.29 is 33.3 Å². The van der Waals surface area contributed by atoms with Gasteiger partial charge in [-0.15, -0.1) is 0 Å². The van der Waals surface area contributed by atoms with Gasteiger partial charge in [-0.1, -0.05) is 162 Å². The van der Waals surface area contributed by atoms with Crippen LogP contribution in [0.15, 0.2) is 158 Å². The zero-order valence-electron chi connectivity index (χ0n) is 34.7. The van der Waals surface area contributed by atoms with Crippen molar-refractivity contribution in [3.05, 3.63) is 201 Å². The predicted octanol–water partition coefficient (Wildman–Crippen LogP) is 9.54. The van der Waals surface area contributed by atoms with Gasteiger partial charge in [0.25, 0.3) is 5.91 Å². The lowest BCUT2D eigenvalue weighted by molar-refractivity contribution is -0.269. The first-order valence-electron chi connectivity index (χ1n) is 20.8. The summed E-state index contributed by atoms with van der Waals surface area (Å²) in [5, 5.41) is 7.14. The van der Waals surface area contributed by atoms with Gasteiger partial charge in [-0.05, 0) is 41.3 Å². The molecule has 0 bridgehead atoms. The van der Waals surface area contributed by atoms with Gasteiger partial charge in [0.1, 0.15) is 35.4 Å². The molecule has 5 aromatic carbocycles. The lowest BCUT2D eigenvalue weighted by Gasteiger charge is -2.46. The number of anilines is 2. The molecule has 8 rings (SSSR count). The summed E-state index contributed by atoms with van der Waals surface area (Å²) in [4.78, 5) is 36.5. The summed E-state index contributed by atoms with van der Waals surface area (Å²) in [6.07, 6.45) is -1.29. The lowest BCUT2D eigenvalue weighted by Crippen LogP contribution is -2.62. The van der Waals surface area contributed by atoms with Gasteiger partial charge in [-0.2, -0.15) is 0 Å². The quantitative estimate of drug-likeness (QED) is 0.0715. The van der Waals surface area contributed by atoms with Gasteiger partial charge >= 0.3 is 0 Å². The molecule has 1 fully saturated rings. The molecule has 0 aliphatic carbocycles. The molecule has 11 nitrogen and oxygen atoms in total. The number of carbonyl (C=O) groups excluding carboxylic acids is 2. The number of aromatic nitrogens is 2. The summed E-state index contributed by atoms with van der Waals surface area (Å²) >= 11 is 2.37. The Labute approximate surface area is 375 Å². The number of thiazole rings is 2. The molecule has 13 heteroatoms. The molecule has 322 valence electrons. The first-order valence-corrected chi connectivity index (χ1v) is 22.4. The molecule has 5 unspecified atom stereocenters. The molecule has 0 saturated carbocycles. The van der Waals surface area contributed by atoms with E-state index in [4.69, 9.17) is 23.7 Å². The van der Waals surface area contributed by atoms with Crippen LogP contribution in [0, 0.1) is 6.92 Å². The van der Waals surface area contributed by atoms with Gasteiger partial charge in [0, 0.05) is 12.1 Å². The Bertz CT molecular complexity index is 2490. The van der Waals surface area contributed by atoms with E-state index in [-0.39, 0.29) is 24.8 Å². The second-order valence-electron chi connectivity index (χ2n) is 15.0. The van der Waals surface area contributed by atoms with Crippen molar-refractivity contribution in [1.82, 2.24) is 9.97 Å². The number of hydrogen-bond acceptors (Lipinski definition) is 12. The van der Waals surface area contributed by atoms with E-state index in [1.807, 2.05) is 127 Å². The summed E-state index contributed by atoms with van der Waals surface area (Å²) in [7, 11) is 0. The third-order valence-electron chi connectivity index (χ3n) is 10.4. The Hall–Kier alpha value is -5.90. The standard InChI is InChI=1S/C50H48N4O7S2/c1-34-47(63-50(53-34)54-48(56)39-25-15-6-16-26-39)43(55)42-28-52-49(62-42)51-27-40-44(58-30-36-19-9-3-10-20-36)46(60-32-38-23-13-5-14-24-38)45(59-31-37-21-11-4-12-22-37)41(61-40)33-57-29-35-17-7-2-8-18-35/h2-26,28,40-41,44-46H,27,29-33H2,1H3,(H,51,52)(H,53,54,56). The van der Waals surface area contributed by atoms with E-state index in [9.17, 15) is 9.59 Å². The van der Waals surface area contributed by atoms with E-state index in [1.54, 1.807) is 37.4 Å². The molecule has 1 saturated heterocycles. The van der Waals surface area contributed by atoms with Crippen LogP contribution >= 0.6 is 22.7 Å². The van der Waals surface area contributed by atoms with Crippen molar-refractivity contribution in [3.63, 3.8) is 0 Å². The molecule has 63 heavy (non-hydrogen) atoms. The normalized spacial score (nSPS) is 18.5. The molecule has 0 spiro atoms. The third-order valence-corrected chi connectivity index (χ3v) is 12.4. The molecular weight excluding hydrogens is 833 g/mol. The SMILES string of the molecule is Cc1nc(NC(=O)c2ccccc2)sc1C(=O)c1cnc(NCC2OC(COCc3ccccc3)C(OCc3ccccc3)C(OCc3ccccc3)C2OCc2ccccc2)s1. The van der Waals surface area contributed by atoms with Gasteiger partial charge in [0.15, 0.2) is 10.3 Å². The molecule has 3 heterocycles. The van der Waals surface area contributed by atoms with E-state index in [0.717, 1.165) is 33.6 Å². The van der Waals surface area contributed by atoms with Crippen molar-refractivity contribution in [2.24, 2.45) is 0 Å². The van der Waals surface area contributed by atoms with E-state index >= 15 is 0 Å². The summed E-state index contributed by atoms with van der Waals surface area (Å²) in [5.41, 5.74) is 5.11. The second-order valence-corrected chi connectivity index (χ2v) is 17.0. The Balaban J connectivity index is 1.04. The van der Waals surface area contributed by atoms with Gasteiger partial charge in [-0.3, -0.25) is 14.9 Å². The second kappa shape index (κ2) is 21.9. The number of ketones is 1. The van der Waals surface area contributed by atoms with E-state index in [0.29, 0.717) is 57.7 Å². The van der Waals surface area contributed by atoms with Gasteiger partial charge < -0.3 is 29.0 Å². The van der Waals surface area contributed by atoms with Crippen LogP contribution in [0.4, 0.5) is 10.3 Å². The van der Waals surface area contributed by atoms with Crippen LogP contribution in [0.2, 0.25) is 0 Å². The fraction of sp³-hybridized carbons (Fsp3) is 0.240. The fourth-order valence-corrected chi connectivity index (χ4v) is 8.98. The number of benzene rings is 5. The van der Waals surface area contributed by atoms with Gasteiger partial charge in [0.2, 0.25) is 5.78 Å². The number of nitrogens with one attached hydrogen (secondary N) is 2. The van der Waals surface area contributed by atoms with Gasteiger partial charge in [-0.25, -0.2) is 9.97 Å². The summed E-state index contributed by atoms with van der Waals surface area (Å²) in [6.45, 7) is 3.64. The number of aryl methyl sites for hydroxylation is 1. The number of carbonyl (C=O) groups is 2. The van der Waals surface area contributed by atoms with Crippen molar-refractivity contribution >= 4 is 44.6 Å². The van der Waals surface area contributed by atoms with Crippen molar-refractivity contribution in [3.8, 4) is 0 Å². The largest absolute Gasteiger partial charge is 0.374 e. The third kappa shape index (κ3) is 12.0. The van der Waals surface area contributed by atoms with Crippen LogP contribution in [-0.4, -0.2) is 65.3 Å². The molecule has 7 aromatic rings. The van der Waals surface area contributed by atoms with Crippen LogP contribution in [0.5, 0.6) is 0 Å². The van der Waals surface area contributed by atoms with E-state index in [2.05, 4.69) is 20.6 Å². The fourth-order valence-electron chi connectivity index (χ4n) is 7.23. The number of hydrogen-bond donors (Lipinski definition) is 2. The number of rotatable bonds is 20. The van der Waals surface area contributed by atoms with Crippen molar-refractivity contribution in [2.45, 2.75) is 63.9 Å². The minimum absolute atomic E-state index is 0.225. The average molecular weight is 881 g/mol. The van der Waals surface area contributed by atoms with Crippen molar-refractivity contribution in [1.29, 1.82) is 0 Å². The first-order chi connectivity index (χ1) is 31.0. The maximum absolute atomic E-state index is 13.8. The van der Waals surface area contributed by atoms with Crippen LogP contribution < -0.4 is 10.6 Å². The average Bonchev–Trinajstić information content (AvgIpc) is 3.96. The minimum Gasteiger partial charge on any atom is -0.374 e. The van der Waals surface area contributed by atoms with E-state index in [1.165, 1.54) is 11.3 Å². The highest BCUT2D eigenvalue weighted by atomic mass is 32.1. The Morgan fingerprint density at radius 3 is 1.65 bits per heavy atom. The molecule has 0 radical (unpaired) electrons. The monoisotopic (exact) mass is 880 g/mol. The lowest BCUT2D eigenvalue weighted by atomic mass is 9.93. The maximum Gasteiger partial charge on any atom is 0.257 e. The van der Waals surface area contributed by atoms with Crippen LogP contribution in [0.1, 0.15) is 52.9 Å². The molecule has 1 aliphatic rings. The molecule has 2 N–H and O–H groups in total. The summed E-state index contributed by atoms with van der Waals surface area (Å²) < 4.78 is 33.9. The van der Waals surface area contributed by atoms with Crippen molar-refractivity contribution in [2.75, 3.05) is 23.8 Å². The molecule has 5 atom stereocenters. The minimum atomic E-state index is -0.599. The number of amides is 1.